The van der Waals surface area contributed by atoms with Crippen LogP contribution in [0.25, 0.3) is 6.08 Å². The van der Waals surface area contributed by atoms with E-state index in [-0.39, 0.29) is 17.1 Å². The van der Waals surface area contributed by atoms with Crippen molar-refractivity contribution in [2.75, 3.05) is 0 Å². The standard InChI is InChI=1S/C10H9FO2/c1-7(12)5-6-8-9(11)3-2-4-10(8)13/h2-6,13H,1H3/b6-5+. The van der Waals surface area contributed by atoms with Gasteiger partial charge in [-0.15, -0.1) is 0 Å². The fourth-order valence-corrected chi connectivity index (χ4v) is 0.891. The Hall–Kier alpha value is -1.64. The summed E-state index contributed by atoms with van der Waals surface area (Å²) in [6.07, 6.45) is 2.46. The summed E-state index contributed by atoms with van der Waals surface area (Å²) in [4.78, 5) is 10.5. The minimum Gasteiger partial charge on any atom is -0.507 e. The maximum atomic E-state index is 13.0. The molecule has 68 valence electrons. The summed E-state index contributed by atoms with van der Waals surface area (Å²) in [5.41, 5.74) is 0.0395. The van der Waals surface area contributed by atoms with Gasteiger partial charge in [0.2, 0.25) is 0 Å². The molecule has 0 bridgehead atoms. The quantitative estimate of drug-likeness (QED) is 0.708. The van der Waals surface area contributed by atoms with Crippen LogP contribution in [0.5, 0.6) is 5.75 Å². The molecule has 1 N–H and O–H groups in total. The normalized spacial score (nSPS) is 10.6. The lowest BCUT2D eigenvalue weighted by Gasteiger charge is -1.98. The van der Waals surface area contributed by atoms with Crippen molar-refractivity contribution in [2.24, 2.45) is 0 Å². The molecule has 2 nitrogen and oxygen atoms in total. The van der Waals surface area contributed by atoms with Crippen LogP contribution in [-0.2, 0) is 4.79 Å². The second-order valence-electron chi connectivity index (χ2n) is 2.62. The van der Waals surface area contributed by atoms with Crippen molar-refractivity contribution in [1.82, 2.24) is 0 Å². The van der Waals surface area contributed by atoms with E-state index < -0.39 is 5.82 Å². The molecular formula is C10H9FO2. The van der Waals surface area contributed by atoms with Gasteiger partial charge in [-0.05, 0) is 31.2 Å². The Balaban J connectivity index is 3.06. The Labute approximate surface area is 75.3 Å². The van der Waals surface area contributed by atoms with Crippen LogP contribution < -0.4 is 0 Å². The number of ketones is 1. The second-order valence-corrected chi connectivity index (χ2v) is 2.62. The Morgan fingerprint density at radius 1 is 1.54 bits per heavy atom. The van der Waals surface area contributed by atoms with E-state index in [1.54, 1.807) is 0 Å². The number of benzene rings is 1. The molecule has 0 radical (unpaired) electrons. The zero-order valence-electron chi connectivity index (χ0n) is 7.12. The van der Waals surface area contributed by atoms with Gasteiger partial charge in [-0.1, -0.05) is 6.07 Å². The molecule has 1 aromatic carbocycles. The summed E-state index contributed by atoms with van der Waals surface area (Å²) < 4.78 is 13.0. The first-order valence-corrected chi connectivity index (χ1v) is 3.77. The monoisotopic (exact) mass is 180 g/mol. The highest BCUT2D eigenvalue weighted by Gasteiger charge is 2.02. The van der Waals surface area contributed by atoms with Crippen LogP contribution in [0.4, 0.5) is 4.39 Å². The van der Waals surface area contributed by atoms with Crippen molar-refractivity contribution in [2.45, 2.75) is 6.92 Å². The van der Waals surface area contributed by atoms with E-state index in [9.17, 15) is 14.3 Å². The third-order valence-corrected chi connectivity index (χ3v) is 1.51. The molecular weight excluding hydrogens is 171 g/mol. The second kappa shape index (κ2) is 3.85. The number of aromatic hydroxyl groups is 1. The van der Waals surface area contributed by atoms with Gasteiger partial charge in [-0.3, -0.25) is 4.79 Å². The van der Waals surface area contributed by atoms with Gasteiger partial charge in [0.25, 0.3) is 0 Å². The zero-order chi connectivity index (χ0) is 9.84. The Morgan fingerprint density at radius 2 is 2.23 bits per heavy atom. The van der Waals surface area contributed by atoms with Gasteiger partial charge in [-0.2, -0.15) is 0 Å². The molecule has 0 saturated heterocycles. The van der Waals surface area contributed by atoms with Gasteiger partial charge >= 0.3 is 0 Å². The average molecular weight is 180 g/mol. The molecule has 0 aliphatic heterocycles. The van der Waals surface area contributed by atoms with Crippen LogP contribution in [0.1, 0.15) is 12.5 Å². The first kappa shape index (κ1) is 9.45. The van der Waals surface area contributed by atoms with Crippen molar-refractivity contribution < 1.29 is 14.3 Å². The van der Waals surface area contributed by atoms with Crippen molar-refractivity contribution >= 4 is 11.9 Å². The predicted octanol–water partition coefficient (Wildman–Crippen LogP) is 2.13. The molecule has 0 saturated carbocycles. The Bertz CT molecular complexity index is 336. The third kappa shape index (κ3) is 2.40. The van der Waals surface area contributed by atoms with Gasteiger partial charge in [0.05, 0.1) is 5.56 Å². The van der Waals surface area contributed by atoms with Crippen LogP contribution >= 0.6 is 0 Å². The lowest BCUT2D eigenvalue weighted by atomic mass is 10.1. The topological polar surface area (TPSA) is 37.3 Å². The van der Waals surface area contributed by atoms with Crippen molar-refractivity contribution in [1.29, 1.82) is 0 Å². The van der Waals surface area contributed by atoms with Gasteiger partial charge in [0, 0.05) is 0 Å². The average Bonchev–Trinajstić information content (AvgIpc) is 2.03. The molecule has 0 aromatic heterocycles. The molecule has 0 fully saturated rings. The van der Waals surface area contributed by atoms with Gasteiger partial charge < -0.3 is 5.11 Å². The van der Waals surface area contributed by atoms with Gasteiger partial charge in [0.1, 0.15) is 11.6 Å². The van der Waals surface area contributed by atoms with E-state index in [0.29, 0.717) is 0 Å². The van der Waals surface area contributed by atoms with E-state index in [4.69, 9.17) is 0 Å². The molecule has 0 atom stereocenters. The summed E-state index contributed by atoms with van der Waals surface area (Å²) >= 11 is 0. The lowest BCUT2D eigenvalue weighted by Crippen LogP contribution is -1.84. The number of hydrogen-bond donors (Lipinski definition) is 1. The minimum atomic E-state index is -0.544. The summed E-state index contributed by atoms with van der Waals surface area (Å²) in [5, 5.41) is 9.20. The lowest BCUT2D eigenvalue weighted by molar-refractivity contribution is -0.112. The molecule has 3 heteroatoms. The fourth-order valence-electron chi connectivity index (χ4n) is 0.891. The molecule has 1 rings (SSSR count). The van der Waals surface area contributed by atoms with E-state index in [2.05, 4.69) is 0 Å². The maximum Gasteiger partial charge on any atom is 0.152 e. The first-order valence-electron chi connectivity index (χ1n) is 3.77. The number of hydrogen-bond acceptors (Lipinski definition) is 2. The third-order valence-electron chi connectivity index (χ3n) is 1.51. The summed E-state index contributed by atoms with van der Waals surface area (Å²) in [5.74, 6) is -0.905. The molecule has 0 spiro atoms. The van der Waals surface area contributed by atoms with Crippen molar-refractivity contribution in [3.05, 3.63) is 35.7 Å². The van der Waals surface area contributed by atoms with Crippen LogP contribution in [-0.4, -0.2) is 10.9 Å². The highest BCUT2D eigenvalue weighted by Crippen LogP contribution is 2.20. The summed E-state index contributed by atoms with van der Waals surface area (Å²) in [6, 6.07) is 3.98. The van der Waals surface area contributed by atoms with E-state index >= 15 is 0 Å². The first-order chi connectivity index (χ1) is 6.11. The fraction of sp³-hybridized carbons (Fsp3) is 0.100. The number of carbonyl (C=O) groups excluding carboxylic acids is 1. The highest BCUT2D eigenvalue weighted by atomic mass is 19.1. The largest absolute Gasteiger partial charge is 0.507 e. The number of phenolic OH excluding ortho intramolecular Hbond substituents is 1. The molecule has 0 amide bonds. The molecule has 0 heterocycles. The summed E-state index contributed by atoms with van der Waals surface area (Å²) in [6.45, 7) is 1.36. The Morgan fingerprint density at radius 3 is 2.77 bits per heavy atom. The maximum absolute atomic E-state index is 13.0. The molecule has 0 aliphatic carbocycles. The number of phenols is 1. The number of rotatable bonds is 2. The summed E-state index contributed by atoms with van der Waals surface area (Å²) in [7, 11) is 0. The van der Waals surface area contributed by atoms with Crippen LogP contribution in [0.3, 0.4) is 0 Å². The number of carbonyl (C=O) groups is 1. The minimum absolute atomic E-state index is 0.0395. The molecule has 0 unspecified atom stereocenters. The highest BCUT2D eigenvalue weighted by molar-refractivity contribution is 5.91. The number of allylic oxidation sites excluding steroid dienone is 1. The van der Waals surface area contributed by atoms with Crippen LogP contribution in [0.2, 0.25) is 0 Å². The SMILES string of the molecule is CC(=O)/C=C/c1c(O)cccc1F. The van der Waals surface area contributed by atoms with Crippen molar-refractivity contribution in [3.8, 4) is 5.75 Å². The Kier molecular flexibility index (Phi) is 2.80. The van der Waals surface area contributed by atoms with Crippen LogP contribution in [0, 0.1) is 5.82 Å². The number of halogens is 1. The van der Waals surface area contributed by atoms with Crippen LogP contribution in [0.15, 0.2) is 24.3 Å². The molecule has 13 heavy (non-hydrogen) atoms. The zero-order valence-corrected chi connectivity index (χ0v) is 7.12. The molecule has 0 aliphatic rings. The molecule has 1 aromatic rings. The van der Waals surface area contributed by atoms with E-state index in [0.717, 1.165) is 0 Å². The van der Waals surface area contributed by atoms with Crippen molar-refractivity contribution in [3.63, 3.8) is 0 Å². The van der Waals surface area contributed by atoms with E-state index in [1.165, 1.54) is 37.3 Å². The van der Waals surface area contributed by atoms with E-state index in [1.807, 2.05) is 0 Å². The smallest absolute Gasteiger partial charge is 0.152 e. The van der Waals surface area contributed by atoms with Gasteiger partial charge in [0.15, 0.2) is 5.78 Å². The van der Waals surface area contributed by atoms with Gasteiger partial charge in [-0.25, -0.2) is 4.39 Å². The predicted molar refractivity (Wildman–Crippen MR) is 47.8 cm³/mol.